The van der Waals surface area contributed by atoms with Crippen LogP contribution in [0.15, 0.2) is 36.4 Å². The molecule has 3 aromatic rings. The number of rotatable bonds is 3. The minimum absolute atomic E-state index is 0.0130. The maximum atomic E-state index is 13.6. The number of thiophene rings is 1. The van der Waals surface area contributed by atoms with E-state index in [1.165, 1.54) is 18.3 Å². The number of fused-ring (bicyclic) bond motifs is 2. The highest BCUT2D eigenvalue weighted by Crippen LogP contribution is 2.42. The molecule has 1 fully saturated rings. The summed E-state index contributed by atoms with van der Waals surface area (Å²) in [5.74, 6) is 0.863. The molecule has 2 aliphatic heterocycles. The molecule has 0 atom stereocenters. The first kappa shape index (κ1) is 22.2. The summed E-state index contributed by atoms with van der Waals surface area (Å²) in [6.07, 6.45) is 1.35. The Labute approximate surface area is 200 Å². The number of nitrogens with zero attached hydrogens (tertiary/aromatic N) is 1. The lowest BCUT2D eigenvalue weighted by Gasteiger charge is -2.44. The molecule has 0 radical (unpaired) electrons. The fraction of sp³-hybridized carbons (Fsp3) is 0.320. The van der Waals surface area contributed by atoms with Crippen molar-refractivity contribution < 1.29 is 23.9 Å². The largest absolute Gasteiger partial charge is 0.497 e. The van der Waals surface area contributed by atoms with Crippen molar-refractivity contribution in [3.05, 3.63) is 47.5 Å². The van der Waals surface area contributed by atoms with Crippen LogP contribution in [-0.4, -0.2) is 48.3 Å². The van der Waals surface area contributed by atoms with Crippen LogP contribution in [0, 0.1) is 0 Å². The fourth-order valence-electron chi connectivity index (χ4n) is 4.73. The van der Waals surface area contributed by atoms with Crippen LogP contribution in [-0.2, 0) is 4.79 Å². The van der Waals surface area contributed by atoms with Crippen LogP contribution in [0.4, 0.5) is 10.7 Å². The van der Waals surface area contributed by atoms with E-state index in [0.717, 1.165) is 10.1 Å². The number of methoxy groups -OCH3 is 1. The Morgan fingerprint density at radius 2 is 1.94 bits per heavy atom. The van der Waals surface area contributed by atoms with Crippen LogP contribution in [0.25, 0.3) is 10.1 Å². The Morgan fingerprint density at radius 3 is 2.65 bits per heavy atom. The summed E-state index contributed by atoms with van der Waals surface area (Å²) in [6.45, 7) is 2.32. The number of likely N-dealkylation sites (tertiary alicyclic amines) is 1. The number of nitrogens with one attached hydrogen (secondary N) is 1. The smallest absolute Gasteiger partial charge is 0.257 e. The van der Waals surface area contributed by atoms with Crippen molar-refractivity contribution in [3.63, 3.8) is 0 Å². The molecule has 0 bridgehead atoms. The van der Waals surface area contributed by atoms with E-state index in [0.29, 0.717) is 59.2 Å². The summed E-state index contributed by atoms with van der Waals surface area (Å²) in [5.41, 5.74) is 6.73. The van der Waals surface area contributed by atoms with Crippen molar-refractivity contribution in [2.45, 2.75) is 31.8 Å². The zero-order valence-corrected chi connectivity index (χ0v) is 19.8. The normalized spacial score (nSPS) is 16.8. The molecular formula is C25H25N3O5S. The van der Waals surface area contributed by atoms with Gasteiger partial charge in [-0.25, -0.2) is 0 Å². The van der Waals surface area contributed by atoms with E-state index < -0.39 is 5.60 Å². The van der Waals surface area contributed by atoms with Crippen LogP contribution in [0.5, 0.6) is 11.5 Å². The lowest BCUT2D eigenvalue weighted by molar-refractivity contribution is -0.114. The van der Waals surface area contributed by atoms with Gasteiger partial charge in [-0.3, -0.25) is 14.4 Å². The van der Waals surface area contributed by atoms with Crippen molar-refractivity contribution in [1.82, 2.24) is 4.90 Å². The Kier molecular flexibility index (Phi) is 5.44. The van der Waals surface area contributed by atoms with Crippen molar-refractivity contribution in [1.29, 1.82) is 0 Å². The maximum absolute atomic E-state index is 13.6. The molecule has 0 aliphatic carbocycles. The van der Waals surface area contributed by atoms with Gasteiger partial charge in [0.15, 0.2) is 5.78 Å². The van der Waals surface area contributed by atoms with E-state index in [2.05, 4.69) is 5.32 Å². The lowest BCUT2D eigenvalue weighted by Crippen LogP contribution is -2.52. The predicted molar refractivity (Wildman–Crippen MR) is 131 cm³/mol. The molecular weight excluding hydrogens is 454 g/mol. The van der Waals surface area contributed by atoms with Crippen molar-refractivity contribution >= 4 is 49.7 Å². The summed E-state index contributed by atoms with van der Waals surface area (Å²) < 4.78 is 12.5. The van der Waals surface area contributed by atoms with Gasteiger partial charge in [-0.1, -0.05) is 0 Å². The summed E-state index contributed by atoms with van der Waals surface area (Å²) in [6, 6.07) is 10.6. The molecule has 3 N–H and O–H groups in total. The molecule has 0 saturated carbocycles. The first-order valence-electron chi connectivity index (χ1n) is 11.1. The van der Waals surface area contributed by atoms with E-state index in [1.807, 2.05) is 12.1 Å². The Morgan fingerprint density at radius 1 is 1.18 bits per heavy atom. The quantitative estimate of drug-likeness (QED) is 0.548. The standard InChI is InChI=1S/C25H25N3O5S/c1-14(29)27-23-22(17-5-4-16(32-2)12-21(17)34-23)24(31)28-9-7-25(8-10-28)13-19(30)18-11-15(26)3-6-20(18)33-25/h3-6,11-12H,7-10,13,26H2,1-2H3,(H,27,29). The second-order valence-electron chi connectivity index (χ2n) is 8.78. The topological polar surface area (TPSA) is 111 Å². The van der Waals surface area contributed by atoms with Crippen LogP contribution in [0.1, 0.15) is 46.9 Å². The number of hydrogen-bond donors (Lipinski definition) is 2. The minimum atomic E-state index is -0.623. The third-order valence-corrected chi connectivity index (χ3v) is 7.54. The number of carbonyl (C=O) groups is 3. The van der Waals surface area contributed by atoms with E-state index in [9.17, 15) is 14.4 Å². The molecule has 2 aromatic carbocycles. The van der Waals surface area contributed by atoms with E-state index in [1.54, 1.807) is 36.3 Å². The highest BCUT2D eigenvalue weighted by molar-refractivity contribution is 7.23. The van der Waals surface area contributed by atoms with E-state index >= 15 is 0 Å². The van der Waals surface area contributed by atoms with Crippen LogP contribution >= 0.6 is 11.3 Å². The first-order chi connectivity index (χ1) is 16.3. The summed E-state index contributed by atoms with van der Waals surface area (Å²) in [4.78, 5) is 40.0. The number of benzene rings is 2. The number of nitrogens with two attached hydrogens (primary N) is 1. The number of Topliss-reactive ketones (excluding diaryl/α,β-unsaturated/α-hetero) is 1. The highest BCUT2D eigenvalue weighted by atomic mass is 32.1. The van der Waals surface area contributed by atoms with Crippen LogP contribution in [0.3, 0.4) is 0 Å². The maximum Gasteiger partial charge on any atom is 0.257 e. The lowest BCUT2D eigenvalue weighted by atomic mass is 9.82. The van der Waals surface area contributed by atoms with Gasteiger partial charge < -0.3 is 25.4 Å². The molecule has 1 saturated heterocycles. The van der Waals surface area contributed by atoms with Gasteiger partial charge >= 0.3 is 0 Å². The minimum Gasteiger partial charge on any atom is -0.497 e. The Bertz CT molecular complexity index is 1320. The van der Waals surface area contributed by atoms with Crippen molar-refractivity contribution in [2.24, 2.45) is 0 Å². The van der Waals surface area contributed by atoms with Gasteiger partial charge in [-0.15, -0.1) is 11.3 Å². The Hall–Kier alpha value is -3.59. The number of amides is 2. The number of hydrogen-bond acceptors (Lipinski definition) is 7. The van der Waals surface area contributed by atoms with Gasteiger partial charge in [0.1, 0.15) is 22.1 Å². The molecule has 0 unspecified atom stereocenters. The zero-order valence-electron chi connectivity index (χ0n) is 19.0. The molecule has 176 valence electrons. The monoisotopic (exact) mass is 479 g/mol. The Balaban J connectivity index is 1.40. The van der Waals surface area contributed by atoms with Gasteiger partial charge in [-0.05, 0) is 36.4 Å². The number of anilines is 2. The number of piperidine rings is 1. The van der Waals surface area contributed by atoms with Gasteiger partial charge in [0.25, 0.3) is 5.91 Å². The van der Waals surface area contributed by atoms with Gasteiger partial charge in [0.2, 0.25) is 5.91 Å². The molecule has 1 aromatic heterocycles. The summed E-state index contributed by atoms with van der Waals surface area (Å²) in [5, 5.41) is 4.11. The van der Waals surface area contributed by atoms with E-state index in [4.69, 9.17) is 15.2 Å². The number of carbonyl (C=O) groups excluding carboxylic acids is 3. The molecule has 9 heteroatoms. The predicted octanol–water partition coefficient (Wildman–Crippen LogP) is 4.09. The summed E-state index contributed by atoms with van der Waals surface area (Å²) >= 11 is 1.35. The van der Waals surface area contributed by atoms with Crippen LogP contribution in [0.2, 0.25) is 0 Å². The average molecular weight is 480 g/mol. The second kappa shape index (κ2) is 8.32. The van der Waals surface area contributed by atoms with Gasteiger partial charge in [0.05, 0.1) is 24.7 Å². The van der Waals surface area contributed by atoms with Gasteiger partial charge in [0, 0.05) is 48.6 Å². The molecule has 1 spiro atoms. The third-order valence-electron chi connectivity index (χ3n) is 6.48. The molecule has 5 rings (SSSR count). The average Bonchev–Trinajstić information content (AvgIpc) is 3.15. The summed E-state index contributed by atoms with van der Waals surface area (Å²) in [7, 11) is 1.59. The first-order valence-corrected chi connectivity index (χ1v) is 11.9. The number of nitrogen functional groups attached to an aromatic ring is 1. The fourth-order valence-corrected chi connectivity index (χ4v) is 5.90. The van der Waals surface area contributed by atoms with Gasteiger partial charge in [-0.2, -0.15) is 0 Å². The number of ether oxygens (including phenoxy) is 2. The molecule has 3 heterocycles. The van der Waals surface area contributed by atoms with Crippen molar-refractivity contribution in [2.75, 3.05) is 31.2 Å². The molecule has 2 aliphatic rings. The second-order valence-corrected chi connectivity index (χ2v) is 9.83. The van der Waals surface area contributed by atoms with Crippen molar-refractivity contribution in [3.8, 4) is 11.5 Å². The van der Waals surface area contributed by atoms with Crippen LogP contribution < -0.4 is 20.5 Å². The zero-order chi connectivity index (χ0) is 24.0. The number of ketones is 1. The molecule has 8 nitrogen and oxygen atoms in total. The highest BCUT2D eigenvalue weighted by Gasteiger charge is 2.44. The SMILES string of the molecule is COc1ccc2c(C(=O)N3CCC4(CC3)CC(=O)c3cc(N)ccc3O4)c(NC(C)=O)sc2c1. The van der Waals surface area contributed by atoms with E-state index in [-0.39, 0.29) is 24.0 Å². The molecule has 34 heavy (non-hydrogen) atoms. The molecule has 2 amide bonds. The third kappa shape index (κ3) is 3.86.